The third kappa shape index (κ3) is 4.47. The Bertz CT molecular complexity index is 2020. The second-order valence-electron chi connectivity index (χ2n) is 10.1. The number of para-hydroxylation sites is 3. The number of benzene rings is 5. The molecule has 0 radical (unpaired) electrons. The summed E-state index contributed by atoms with van der Waals surface area (Å²) in [5.74, 6) is 1.76. The molecule has 0 aliphatic carbocycles. The summed E-state index contributed by atoms with van der Waals surface area (Å²) in [6.45, 7) is 0. The predicted molar refractivity (Wildman–Crippen MR) is 171 cm³/mol. The fourth-order valence-electron chi connectivity index (χ4n) is 5.57. The summed E-state index contributed by atoms with van der Waals surface area (Å²) in [6, 6.07) is 46.9. The lowest BCUT2D eigenvalue weighted by atomic mass is 10.0. The number of phenolic OH excluding ortho intramolecular Hbond substituents is 1. The fraction of sp³-hybridized carbons (Fsp3) is 0.0270. The maximum atomic E-state index is 10.6. The number of aromatic hydroxyl groups is 1. The van der Waals surface area contributed by atoms with Crippen LogP contribution in [0.15, 0.2) is 146 Å². The molecule has 0 bridgehead atoms. The van der Waals surface area contributed by atoms with E-state index in [4.69, 9.17) is 9.97 Å². The highest BCUT2D eigenvalue weighted by atomic mass is 16.3. The molecule has 42 heavy (non-hydrogen) atoms. The summed E-state index contributed by atoms with van der Waals surface area (Å²) in [5, 5.41) is 10.6. The minimum Gasteiger partial charge on any atom is -0.507 e. The molecule has 0 aliphatic rings. The number of aromatic nitrogens is 3. The van der Waals surface area contributed by atoms with Crippen molar-refractivity contribution in [2.24, 2.45) is 7.05 Å². The maximum Gasteiger partial charge on any atom is 0.144 e. The van der Waals surface area contributed by atoms with Crippen LogP contribution < -0.4 is 4.90 Å². The summed E-state index contributed by atoms with van der Waals surface area (Å²) >= 11 is 0. The highest BCUT2D eigenvalue weighted by molar-refractivity contribution is 5.96. The van der Waals surface area contributed by atoms with E-state index in [1.165, 1.54) is 0 Å². The molecule has 5 aromatic carbocycles. The van der Waals surface area contributed by atoms with Crippen LogP contribution in [-0.4, -0.2) is 19.6 Å². The molecule has 0 atom stereocenters. The van der Waals surface area contributed by atoms with Gasteiger partial charge in [0.15, 0.2) is 0 Å². The van der Waals surface area contributed by atoms with Crippen molar-refractivity contribution in [1.82, 2.24) is 14.5 Å². The Hall–Kier alpha value is -5.68. The van der Waals surface area contributed by atoms with E-state index in [-0.39, 0.29) is 5.75 Å². The lowest BCUT2D eigenvalue weighted by molar-refractivity contribution is 0.476. The maximum absolute atomic E-state index is 10.6. The van der Waals surface area contributed by atoms with Crippen LogP contribution in [0.3, 0.4) is 0 Å². The average Bonchev–Trinajstić information content (AvgIpc) is 3.39. The minimum absolute atomic E-state index is 0.211. The number of imidazole rings is 1. The number of hydrogen-bond acceptors (Lipinski definition) is 4. The van der Waals surface area contributed by atoms with Gasteiger partial charge in [-0.25, -0.2) is 9.97 Å². The van der Waals surface area contributed by atoms with Crippen molar-refractivity contribution in [1.29, 1.82) is 0 Å². The summed E-state index contributed by atoms with van der Waals surface area (Å²) in [7, 11) is 1.99. The van der Waals surface area contributed by atoms with Crippen molar-refractivity contribution < 1.29 is 5.11 Å². The van der Waals surface area contributed by atoms with Gasteiger partial charge in [0.25, 0.3) is 0 Å². The fourth-order valence-corrected chi connectivity index (χ4v) is 5.57. The smallest absolute Gasteiger partial charge is 0.144 e. The first-order chi connectivity index (χ1) is 20.7. The van der Waals surface area contributed by atoms with Gasteiger partial charge in [0.1, 0.15) is 17.4 Å². The standard InChI is InChI=1S/C37H28N4O/c1-40-33-21-12-19-30(36(33)39-37(40)31-18-6-8-22-34(31)42)27-15-11-16-28(25-27)41(35-23-9-10-24-38-35)32-20-7-5-17-29(32)26-13-3-2-4-14-26/h2-25,42H,1H3. The number of rotatable bonds is 6. The lowest BCUT2D eigenvalue weighted by Crippen LogP contribution is -2.12. The van der Waals surface area contributed by atoms with Crippen LogP contribution >= 0.6 is 0 Å². The third-order valence-corrected chi connectivity index (χ3v) is 7.58. The molecule has 7 aromatic rings. The summed E-state index contributed by atoms with van der Waals surface area (Å²) < 4.78 is 2.04. The second-order valence-corrected chi connectivity index (χ2v) is 10.1. The molecule has 0 saturated heterocycles. The van der Waals surface area contributed by atoms with Gasteiger partial charge in [0, 0.05) is 30.1 Å². The topological polar surface area (TPSA) is 54.2 Å². The van der Waals surface area contributed by atoms with Crippen LogP contribution in [0.4, 0.5) is 17.2 Å². The molecule has 2 heterocycles. The number of nitrogens with zero attached hydrogens (tertiary/aromatic N) is 4. The monoisotopic (exact) mass is 544 g/mol. The van der Waals surface area contributed by atoms with Gasteiger partial charge >= 0.3 is 0 Å². The summed E-state index contributed by atoms with van der Waals surface area (Å²) in [5.41, 5.74) is 8.92. The van der Waals surface area contributed by atoms with Crippen molar-refractivity contribution in [3.8, 4) is 39.4 Å². The Morgan fingerprint density at radius 2 is 1.31 bits per heavy atom. The molecule has 0 spiro atoms. The molecule has 202 valence electrons. The van der Waals surface area contributed by atoms with E-state index in [1.807, 2.05) is 60.3 Å². The van der Waals surface area contributed by atoms with Gasteiger partial charge in [-0.1, -0.05) is 91.0 Å². The predicted octanol–water partition coefficient (Wildman–Crippen LogP) is 9.14. The number of phenols is 1. The van der Waals surface area contributed by atoms with Gasteiger partial charge in [-0.05, 0) is 59.7 Å². The Labute approximate surface area is 244 Å². The van der Waals surface area contributed by atoms with Crippen LogP contribution in [0.5, 0.6) is 5.75 Å². The Morgan fingerprint density at radius 3 is 2.12 bits per heavy atom. The number of aryl methyl sites for hydroxylation is 1. The molecule has 0 unspecified atom stereocenters. The second kappa shape index (κ2) is 10.7. The highest BCUT2D eigenvalue weighted by Crippen LogP contribution is 2.41. The SMILES string of the molecule is Cn1c(-c2ccccc2O)nc2c(-c3cccc(N(c4ccccn4)c4ccccc4-c4ccccc4)c3)cccc21. The largest absolute Gasteiger partial charge is 0.507 e. The van der Waals surface area contributed by atoms with E-state index in [1.54, 1.807) is 6.07 Å². The normalized spacial score (nSPS) is 11.1. The Kier molecular flexibility index (Phi) is 6.45. The van der Waals surface area contributed by atoms with Gasteiger partial charge < -0.3 is 9.67 Å². The van der Waals surface area contributed by atoms with Gasteiger partial charge in [0.2, 0.25) is 0 Å². The van der Waals surface area contributed by atoms with Crippen LogP contribution in [0, 0.1) is 0 Å². The zero-order valence-corrected chi connectivity index (χ0v) is 23.1. The quantitative estimate of drug-likeness (QED) is 0.227. The summed E-state index contributed by atoms with van der Waals surface area (Å²) in [6.07, 6.45) is 1.83. The van der Waals surface area contributed by atoms with Gasteiger partial charge in [0.05, 0.1) is 22.3 Å². The zero-order chi connectivity index (χ0) is 28.5. The van der Waals surface area contributed by atoms with Gasteiger partial charge in [-0.2, -0.15) is 0 Å². The molecule has 5 heteroatoms. The summed E-state index contributed by atoms with van der Waals surface area (Å²) in [4.78, 5) is 12.0. The number of anilines is 3. The zero-order valence-electron chi connectivity index (χ0n) is 23.1. The molecule has 0 fully saturated rings. The van der Waals surface area contributed by atoms with E-state index >= 15 is 0 Å². The van der Waals surface area contributed by atoms with E-state index in [2.05, 4.69) is 95.9 Å². The van der Waals surface area contributed by atoms with E-state index < -0.39 is 0 Å². The Balaban J connectivity index is 1.40. The van der Waals surface area contributed by atoms with Crippen molar-refractivity contribution >= 4 is 28.2 Å². The van der Waals surface area contributed by atoms with Crippen LogP contribution in [-0.2, 0) is 7.05 Å². The van der Waals surface area contributed by atoms with Crippen molar-refractivity contribution in [3.05, 3.63) is 146 Å². The number of fused-ring (bicyclic) bond motifs is 1. The van der Waals surface area contributed by atoms with E-state index in [0.29, 0.717) is 5.56 Å². The first-order valence-electron chi connectivity index (χ1n) is 13.9. The first-order valence-corrected chi connectivity index (χ1v) is 13.9. The Morgan fingerprint density at radius 1 is 0.619 bits per heavy atom. The van der Waals surface area contributed by atoms with Crippen LogP contribution in [0.1, 0.15) is 0 Å². The number of hydrogen-bond donors (Lipinski definition) is 1. The van der Waals surface area contributed by atoms with Gasteiger partial charge in [-0.15, -0.1) is 0 Å². The number of pyridine rings is 1. The van der Waals surface area contributed by atoms with Gasteiger partial charge in [-0.3, -0.25) is 4.90 Å². The van der Waals surface area contributed by atoms with Crippen molar-refractivity contribution in [3.63, 3.8) is 0 Å². The molecule has 7 rings (SSSR count). The van der Waals surface area contributed by atoms with Crippen molar-refractivity contribution in [2.45, 2.75) is 0 Å². The lowest BCUT2D eigenvalue weighted by Gasteiger charge is -2.27. The molecule has 0 amide bonds. The molecular formula is C37H28N4O. The van der Waals surface area contributed by atoms with E-state index in [0.717, 1.165) is 56.3 Å². The average molecular weight is 545 g/mol. The van der Waals surface area contributed by atoms with Crippen LogP contribution in [0.25, 0.3) is 44.7 Å². The minimum atomic E-state index is 0.211. The molecule has 0 aliphatic heterocycles. The van der Waals surface area contributed by atoms with E-state index in [9.17, 15) is 5.11 Å². The molecule has 2 aromatic heterocycles. The third-order valence-electron chi connectivity index (χ3n) is 7.58. The highest BCUT2D eigenvalue weighted by Gasteiger charge is 2.20. The molecular weight excluding hydrogens is 516 g/mol. The molecule has 0 saturated carbocycles. The van der Waals surface area contributed by atoms with Crippen molar-refractivity contribution in [2.75, 3.05) is 4.90 Å². The first kappa shape index (κ1) is 25.3. The molecule has 1 N–H and O–H groups in total. The molecule has 5 nitrogen and oxygen atoms in total. The van der Waals surface area contributed by atoms with Crippen LogP contribution in [0.2, 0.25) is 0 Å².